The third-order valence-electron chi connectivity index (χ3n) is 3.09. The lowest BCUT2D eigenvalue weighted by molar-refractivity contribution is -0.384. The molecule has 0 atom stereocenters. The third kappa shape index (κ3) is 2.90. The second-order valence-corrected chi connectivity index (χ2v) is 5.36. The van der Waals surface area contributed by atoms with Gasteiger partial charge in [-0.05, 0) is 38.0 Å². The molecule has 1 N–H and O–H groups in total. The van der Waals surface area contributed by atoms with Gasteiger partial charge in [0, 0.05) is 10.9 Å². The van der Waals surface area contributed by atoms with Crippen molar-refractivity contribution in [2.24, 2.45) is 0 Å². The molecule has 0 amide bonds. The number of benzene rings is 1. The molecule has 6 heteroatoms. The van der Waals surface area contributed by atoms with E-state index in [4.69, 9.17) is 0 Å². The van der Waals surface area contributed by atoms with Crippen LogP contribution >= 0.6 is 11.3 Å². The summed E-state index contributed by atoms with van der Waals surface area (Å²) in [6, 6.07) is 3.43. The molecule has 0 aliphatic carbocycles. The summed E-state index contributed by atoms with van der Waals surface area (Å²) < 4.78 is 0. The van der Waals surface area contributed by atoms with E-state index in [0.717, 1.165) is 21.7 Å². The van der Waals surface area contributed by atoms with Crippen LogP contribution in [-0.2, 0) is 6.54 Å². The molecule has 0 bridgehead atoms. The van der Waals surface area contributed by atoms with E-state index in [1.807, 2.05) is 26.8 Å². The van der Waals surface area contributed by atoms with E-state index in [1.54, 1.807) is 22.9 Å². The van der Waals surface area contributed by atoms with Gasteiger partial charge in [-0.25, -0.2) is 4.98 Å². The van der Waals surface area contributed by atoms with Crippen molar-refractivity contribution in [1.82, 2.24) is 4.98 Å². The standard InChI is InChI=1S/C13H15N3O2S/c1-8-4-11(12(16(17)18)5-9(8)2)14-6-13-10(3)15-7-19-13/h4-5,7,14H,6H2,1-3H3. The predicted molar refractivity (Wildman–Crippen MR) is 76.7 cm³/mol. The molecule has 2 aromatic rings. The van der Waals surface area contributed by atoms with Gasteiger partial charge in [-0.3, -0.25) is 10.1 Å². The highest BCUT2D eigenvalue weighted by Gasteiger charge is 2.15. The first-order valence-corrected chi connectivity index (χ1v) is 6.75. The molecule has 2 rings (SSSR count). The summed E-state index contributed by atoms with van der Waals surface area (Å²) in [5.74, 6) is 0. The van der Waals surface area contributed by atoms with E-state index in [1.165, 1.54) is 0 Å². The molecule has 0 saturated heterocycles. The number of aryl methyl sites for hydroxylation is 3. The van der Waals surface area contributed by atoms with Crippen LogP contribution in [0.2, 0.25) is 0 Å². The molecule has 1 aromatic carbocycles. The van der Waals surface area contributed by atoms with E-state index in [9.17, 15) is 10.1 Å². The third-order valence-corrected chi connectivity index (χ3v) is 4.03. The molecule has 5 nitrogen and oxygen atoms in total. The molecule has 19 heavy (non-hydrogen) atoms. The molecule has 0 aliphatic rings. The van der Waals surface area contributed by atoms with Gasteiger partial charge < -0.3 is 5.32 Å². The van der Waals surface area contributed by atoms with Gasteiger partial charge in [0.15, 0.2) is 0 Å². The Morgan fingerprint density at radius 1 is 1.32 bits per heavy atom. The minimum Gasteiger partial charge on any atom is -0.375 e. The molecular weight excluding hydrogens is 262 g/mol. The molecule has 0 aliphatic heterocycles. The van der Waals surface area contributed by atoms with Gasteiger partial charge in [-0.2, -0.15) is 0 Å². The fraction of sp³-hybridized carbons (Fsp3) is 0.308. The van der Waals surface area contributed by atoms with Crippen LogP contribution in [0.5, 0.6) is 0 Å². The zero-order valence-corrected chi connectivity index (χ0v) is 11.9. The van der Waals surface area contributed by atoms with E-state index >= 15 is 0 Å². The lowest BCUT2D eigenvalue weighted by Crippen LogP contribution is -2.03. The number of hydrogen-bond donors (Lipinski definition) is 1. The summed E-state index contributed by atoms with van der Waals surface area (Å²) in [6.45, 7) is 6.31. The van der Waals surface area contributed by atoms with Gasteiger partial charge in [0.2, 0.25) is 0 Å². The first kappa shape index (κ1) is 13.5. The molecule has 1 heterocycles. The Labute approximate surface area is 115 Å². The van der Waals surface area contributed by atoms with Crippen molar-refractivity contribution in [3.8, 4) is 0 Å². The summed E-state index contributed by atoms with van der Waals surface area (Å²) in [4.78, 5) is 16.0. The Hall–Kier alpha value is -1.95. The average Bonchev–Trinajstić information content (AvgIpc) is 2.75. The van der Waals surface area contributed by atoms with Crippen LogP contribution in [-0.4, -0.2) is 9.91 Å². The Morgan fingerprint density at radius 3 is 2.58 bits per heavy atom. The van der Waals surface area contributed by atoms with Crippen LogP contribution in [0.3, 0.4) is 0 Å². The monoisotopic (exact) mass is 277 g/mol. The SMILES string of the molecule is Cc1cc(NCc2scnc2C)c([N+](=O)[O-])cc1C. The van der Waals surface area contributed by atoms with Crippen molar-refractivity contribution in [2.45, 2.75) is 27.3 Å². The molecule has 1 aromatic heterocycles. The Morgan fingerprint density at radius 2 is 2.00 bits per heavy atom. The topological polar surface area (TPSA) is 68.1 Å². The van der Waals surface area contributed by atoms with E-state index < -0.39 is 0 Å². The van der Waals surface area contributed by atoms with Crippen LogP contribution in [0.4, 0.5) is 11.4 Å². The van der Waals surface area contributed by atoms with Crippen LogP contribution in [0.1, 0.15) is 21.7 Å². The van der Waals surface area contributed by atoms with Crippen molar-refractivity contribution >= 4 is 22.7 Å². The van der Waals surface area contributed by atoms with Crippen molar-refractivity contribution < 1.29 is 4.92 Å². The van der Waals surface area contributed by atoms with Gasteiger partial charge >= 0.3 is 0 Å². The van der Waals surface area contributed by atoms with Gasteiger partial charge in [-0.15, -0.1) is 11.3 Å². The Balaban J connectivity index is 2.26. The summed E-state index contributed by atoms with van der Waals surface area (Å²) in [5.41, 5.74) is 5.37. The number of nitro benzene ring substituents is 1. The summed E-state index contributed by atoms with van der Waals surface area (Å²) in [6.07, 6.45) is 0. The van der Waals surface area contributed by atoms with Gasteiger partial charge in [0.1, 0.15) is 5.69 Å². The number of thiazole rings is 1. The number of hydrogen-bond acceptors (Lipinski definition) is 5. The molecule has 0 radical (unpaired) electrons. The molecule has 0 fully saturated rings. The minimum atomic E-state index is -0.353. The quantitative estimate of drug-likeness (QED) is 0.685. The smallest absolute Gasteiger partial charge is 0.292 e. The molecule has 0 spiro atoms. The second kappa shape index (κ2) is 5.36. The number of rotatable bonds is 4. The van der Waals surface area contributed by atoms with Crippen LogP contribution < -0.4 is 5.32 Å². The molecule has 0 saturated carbocycles. The maximum absolute atomic E-state index is 11.1. The first-order chi connectivity index (χ1) is 8.99. The maximum Gasteiger partial charge on any atom is 0.292 e. The van der Waals surface area contributed by atoms with E-state index in [0.29, 0.717) is 12.2 Å². The highest BCUT2D eigenvalue weighted by Crippen LogP contribution is 2.28. The van der Waals surface area contributed by atoms with E-state index in [-0.39, 0.29) is 10.6 Å². The number of anilines is 1. The van der Waals surface area contributed by atoms with Crippen LogP contribution in [0, 0.1) is 30.9 Å². The molecule has 100 valence electrons. The second-order valence-electron chi connectivity index (χ2n) is 4.43. The summed E-state index contributed by atoms with van der Waals surface area (Å²) in [7, 11) is 0. The number of nitro groups is 1. The maximum atomic E-state index is 11.1. The van der Waals surface area contributed by atoms with Crippen molar-refractivity contribution in [3.63, 3.8) is 0 Å². The van der Waals surface area contributed by atoms with Crippen LogP contribution in [0.25, 0.3) is 0 Å². The van der Waals surface area contributed by atoms with Crippen LogP contribution in [0.15, 0.2) is 17.6 Å². The van der Waals surface area contributed by atoms with Gasteiger partial charge in [-0.1, -0.05) is 0 Å². The highest BCUT2D eigenvalue weighted by atomic mass is 32.1. The largest absolute Gasteiger partial charge is 0.375 e. The minimum absolute atomic E-state index is 0.116. The molecule has 0 unspecified atom stereocenters. The lowest BCUT2D eigenvalue weighted by atomic mass is 10.1. The van der Waals surface area contributed by atoms with Gasteiger partial charge in [0.25, 0.3) is 5.69 Å². The Bertz CT molecular complexity index is 622. The fourth-order valence-corrected chi connectivity index (χ4v) is 2.48. The fourth-order valence-electron chi connectivity index (χ4n) is 1.76. The number of aromatic nitrogens is 1. The predicted octanol–water partition coefficient (Wildman–Crippen LogP) is 3.59. The Kier molecular flexibility index (Phi) is 3.80. The zero-order chi connectivity index (χ0) is 14.0. The highest BCUT2D eigenvalue weighted by molar-refractivity contribution is 7.09. The zero-order valence-electron chi connectivity index (χ0n) is 11.1. The molecular formula is C13H15N3O2S. The lowest BCUT2D eigenvalue weighted by Gasteiger charge is -2.09. The van der Waals surface area contributed by atoms with Crippen molar-refractivity contribution in [1.29, 1.82) is 0 Å². The van der Waals surface area contributed by atoms with E-state index in [2.05, 4.69) is 10.3 Å². The van der Waals surface area contributed by atoms with Crippen molar-refractivity contribution in [3.05, 3.63) is 49.5 Å². The first-order valence-electron chi connectivity index (χ1n) is 5.87. The number of nitrogens with one attached hydrogen (secondary N) is 1. The normalized spacial score (nSPS) is 10.5. The summed E-state index contributed by atoms with van der Waals surface area (Å²) >= 11 is 1.55. The van der Waals surface area contributed by atoms with Gasteiger partial charge in [0.05, 0.1) is 22.7 Å². The summed E-state index contributed by atoms with van der Waals surface area (Å²) in [5, 5.41) is 14.2. The number of nitrogens with zero attached hydrogens (tertiary/aromatic N) is 2. The van der Waals surface area contributed by atoms with Crippen molar-refractivity contribution in [2.75, 3.05) is 5.32 Å². The average molecular weight is 277 g/mol.